The van der Waals surface area contributed by atoms with Gasteiger partial charge in [0.2, 0.25) is 0 Å². The fourth-order valence-electron chi connectivity index (χ4n) is 3.60. The van der Waals surface area contributed by atoms with Crippen LogP contribution in [0.1, 0.15) is 30.6 Å². The van der Waals surface area contributed by atoms with Crippen LogP contribution in [0.3, 0.4) is 0 Å². The van der Waals surface area contributed by atoms with Crippen LogP contribution in [0.15, 0.2) is 18.3 Å². The van der Waals surface area contributed by atoms with E-state index in [9.17, 15) is 23.5 Å². The molecule has 1 fully saturated rings. The molecule has 27 heavy (non-hydrogen) atoms. The van der Waals surface area contributed by atoms with Gasteiger partial charge in [0.05, 0.1) is 18.2 Å². The van der Waals surface area contributed by atoms with Crippen molar-refractivity contribution in [2.75, 3.05) is 24.6 Å². The highest BCUT2D eigenvalue weighted by molar-refractivity contribution is 6.05. The third kappa shape index (κ3) is 3.56. The minimum Gasteiger partial charge on any atom is -0.481 e. The molecule has 1 aromatic carbocycles. The molecule has 144 valence electrons. The van der Waals surface area contributed by atoms with Gasteiger partial charge in [0.1, 0.15) is 11.1 Å². The van der Waals surface area contributed by atoms with Crippen LogP contribution in [0.4, 0.5) is 14.5 Å². The Hall–Kier alpha value is -2.77. The van der Waals surface area contributed by atoms with Crippen molar-refractivity contribution in [3.8, 4) is 0 Å². The molecule has 0 aliphatic carbocycles. The van der Waals surface area contributed by atoms with E-state index in [1.54, 1.807) is 11.8 Å². The standard InChI is InChI=1S/C19H20F2N2O4/c1-3-27-19(26)13-7-22-16-12(4-5-14(20)15(16)21)17(13)23-8-10(2)6-11(9-23)18(24)25/h4-5,7,10-11H,3,6,8-9H2,1-2H3,(H,24,25). The maximum Gasteiger partial charge on any atom is 0.341 e. The molecular formula is C19H20F2N2O4. The summed E-state index contributed by atoms with van der Waals surface area (Å²) in [5, 5.41) is 9.68. The van der Waals surface area contributed by atoms with Crippen LogP contribution in [0.5, 0.6) is 0 Å². The van der Waals surface area contributed by atoms with Gasteiger partial charge in [-0.25, -0.2) is 13.6 Å². The molecule has 2 atom stereocenters. The molecule has 1 aromatic heterocycles. The van der Waals surface area contributed by atoms with E-state index in [2.05, 4.69) is 4.98 Å². The van der Waals surface area contributed by atoms with E-state index in [0.29, 0.717) is 18.7 Å². The fraction of sp³-hybridized carbons (Fsp3) is 0.421. The van der Waals surface area contributed by atoms with E-state index in [4.69, 9.17) is 4.74 Å². The number of fused-ring (bicyclic) bond motifs is 1. The van der Waals surface area contributed by atoms with Gasteiger partial charge in [-0.3, -0.25) is 9.78 Å². The monoisotopic (exact) mass is 378 g/mol. The smallest absolute Gasteiger partial charge is 0.341 e. The van der Waals surface area contributed by atoms with Gasteiger partial charge in [0, 0.05) is 24.7 Å². The summed E-state index contributed by atoms with van der Waals surface area (Å²) >= 11 is 0. The van der Waals surface area contributed by atoms with E-state index < -0.39 is 29.5 Å². The first-order chi connectivity index (χ1) is 12.8. The summed E-state index contributed by atoms with van der Waals surface area (Å²) in [5.41, 5.74) is 0.229. The number of carbonyl (C=O) groups excluding carboxylic acids is 1. The first-order valence-corrected chi connectivity index (χ1v) is 8.75. The van der Waals surface area contributed by atoms with Crippen LogP contribution < -0.4 is 4.90 Å². The molecule has 6 nitrogen and oxygen atoms in total. The molecule has 3 rings (SSSR count). The number of hydrogen-bond donors (Lipinski definition) is 1. The van der Waals surface area contributed by atoms with E-state index in [1.165, 1.54) is 6.07 Å². The van der Waals surface area contributed by atoms with Crippen LogP contribution in [0.25, 0.3) is 10.9 Å². The van der Waals surface area contributed by atoms with Crippen LogP contribution in [0, 0.1) is 23.5 Å². The minimum atomic E-state index is -1.11. The van der Waals surface area contributed by atoms with Crippen molar-refractivity contribution in [3.05, 3.63) is 35.5 Å². The molecule has 1 saturated heterocycles. The number of piperidine rings is 1. The second-order valence-corrected chi connectivity index (χ2v) is 6.78. The zero-order valence-electron chi connectivity index (χ0n) is 15.0. The van der Waals surface area contributed by atoms with Gasteiger partial charge < -0.3 is 14.7 Å². The van der Waals surface area contributed by atoms with Gasteiger partial charge in [-0.1, -0.05) is 6.92 Å². The molecule has 0 bridgehead atoms. The predicted molar refractivity (Wildman–Crippen MR) is 94.7 cm³/mol. The average molecular weight is 378 g/mol. The van der Waals surface area contributed by atoms with Crippen LogP contribution >= 0.6 is 0 Å². The summed E-state index contributed by atoms with van der Waals surface area (Å²) in [6, 6.07) is 2.33. The molecule has 0 spiro atoms. The van der Waals surface area contributed by atoms with Crippen LogP contribution in [-0.4, -0.2) is 41.7 Å². The first-order valence-electron chi connectivity index (χ1n) is 8.75. The molecule has 1 aliphatic heterocycles. The Kier molecular flexibility index (Phi) is 5.25. The summed E-state index contributed by atoms with van der Waals surface area (Å²) in [6.45, 7) is 4.35. The van der Waals surface area contributed by atoms with Crippen molar-refractivity contribution < 1.29 is 28.2 Å². The van der Waals surface area contributed by atoms with Gasteiger partial charge in [-0.2, -0.15) is 0 Å². The molecule has 0 saturated carbocycles. The molecule has 2 unspecified atom stereocenters. The van der Waals surface area contributed by atoms with E-state index in [-0.39, 0.29) is 35.5 Å². The quantitative estimate of drug-likeness (QED) is 0.823. The maximum absolute atomic E-state index is 14.2. The van der Waals surface area contributed by atoms with Crippen molar-refractivity contribution in [2.45, 2.75) is 20.3 Å². The Morgan fingerprint density at radius 2 is 2.07 bits per heavy atom. The number of carbonyl (C=O) groups is 2. The first kappa shape index (κ1) is 19.0. The van der Waals surface area contributed by atoms with Gasteiger partial charge in [0.15, 0.2) is 11.6 Å². The molecule has 2 heterocycles. The molecule has 1 N–H and O–H groups in total. The largest absolute Gasteiger partial charge is 0.481 e. The number of carboxylic acids is 1. The summed E-state index contributed by atoms with van der Waals surface area (Å²) in [4.78, 5) is 29.6. The van der Waals surface area contributed by atoms with Gasteiger partial charge in [-0.15, -0.1) is 0 Å². The molecular weight excluding hydrogens is 358 g/mol. The topological polar surface area (TPSA) is 79.7 Å². The third-order valence-electron chi connectivity index (χ3n) is 4.72. The molecule has 0 amide bonds. The second-order valence-electron chi connectivity index (χ2n) is 6.78. The number of rotatable bonds is 4. The highest BCUT2D eigenvalue weighted by Gasteiger charge is 2.33. The van der Waals surface area contributed by atoms with Gasteiger partial charge in [0.25, 0.3) is 0 Å². The Balaban J connectivity index is 2.20. The lowest BCUT2D eigenvalue weighted by Crippen LogP contribution is -2.43. The predicted octanol–water partition coefficient (Wildman–Crippen LogP) is 3.24. The molecule has 0 radical (unpaired) electrons. The second kappa shape index (κ2) is 7.46. The number of benzene rings is 1. The Morgan fingerprint density at radius 3 is 2.74 bits per heavy atom. The number of hydrogen-bond acceptors (Lipinski definition) is 5. The number of carboxylic acid groups (broad SMARTS) is 1. The average Bonchev–Trinajstić information content (AvgIpc) is 2.63. The molecule has 2 aromatic rings. The van der Waals surface area contributed by atoms with E-state index in [1.807, 2.05) is 6.92 Å². The molecule has 8 heteroatoms. The van der Waals surface area contributed by atoms with Crippen molar-refractivity contribution >= 4 is 28.5 Å². The van der Waals surface area contributed by atoms with Crippen molar-refractivity contribution in [2.24, 2.45) is 11.8 Å². The Labute approximate surface area is 154 Å². The SMILES string of the molecule is CCOC(=O)c1cnc2c(F)c(F)ccc2c1N1CC(C)CC(C(=O)O)C1. The number of halogens is 2. The normalized spacial score (nSPS) is 19.9. The van der Waals surface area contributed by atoms with Gasteiger partial charge in [-0.05, 0) is 31.4 Å². The summed E-state index contributed by atoms with van der Waals surface area (Å²) < 4.78 is 32.9. The number of aliphatic carboxylic acids is 1. The minimum absolute atomic E-state index is 0.0448. The third-order valence-corrected chi connectivity index (χ3v) is 4.72. The number of pyridine rings is 1. The lowest BCUT2D eigenvalue weighted by Gasteiger charge is -2.37. The highest BCUT2D eigenvalue weighted by atomic mass is 19.2. The lowest BCUT2D eigenvalue weighted by atomic mass is 9.89. The lowest BCUT2D eigenvalue weighted by molar-refractivity contribution is -0.142. The van der Waals surface area contributed by atoms with Crippen LogP contribution in [0.2, 0.25) is 0 Å². The number of ether oxygens (including phenoxy) is 1. The van der Waals surface area contributed by atoms with E-state index in [0.717, 1.165) is 12.3 Å². The van der Waals surface area contributed by atoms with Crippen LogP contribution in [-0.2, 0) is 9.53 Å². The number of anilines is 1. The summed E-state index contributed by atoms with van der Waals surface area (Å²) in [7, 11) is 0. The van der Waals surface area contributed by atoms with Crippen molar-refractivity contribution in [3.63, 3.8) is 0 Å². The van der Waals surface area contributed by atoms with Crippen molar-refractivity contribution in [1.82, 2.24) is 4.98 Å². The summed E-state index contributed by atoms with van der Waals surface area (Å²) in [6.07, 6.45) is 1.67. The Bertz CT molecular complexity index is 903. The molecule has 1 aliphatic rings. The van der Waals surface area contributed by atoms with Crippen molar-refractivity contribution in [1.29, 1.82) is 0 Å². The van der Waals surface area contributed by atoms with E-state index >= 15 is 0 Å². The zero-order chi connectivity index (χ0) is 19.7. The number of esters is 1. The number of nitrogens with zero attached hydrogens (tertiary/aromatic N) is 2. The summed E-state index contributed by atoms with van der Waals surface area (Å²) in [5.74, 6) is -4.30. The highest BCUT2D eigenvalue weighted by Crippen LogP contribution is 2.36. The van der Waals surface area contributed by atoms with Gasteiger partial charge >= 0.3 is 11.9 Å². The number of aromatic nitrogens is 1. The Morgan fingerprint density at radius 1 is 1.33 bits per heavy atom. The fourth-order valence-corrected chi connectivity index (χ4v) is 3.60. The maximum atomic E-state index is 14.2. The zero-order valence-corrected chi connectivity index (χ0v) is 15.0.